The van der Waals surface area contributed by atoms with Gasteiger partial charge in [-0.05, 0) is 25.7 Å². The van der Waals surface area contributed by atoms with Crippen LogP contribution in [-0.2, 0) is 0 Å². The van der Waals surface area contributed by atoms with Crippen molar-refractivity contribution < 1.29 is 0 Å². The summed E-state index contributed by atoms with van der Waals surface area (Å²) in [5, 5.41) is 3.81. The van der Waals surface area contributed by atoms with E-state index >= 15 is 0 Å². The zero-order valence-electron chi connectivity index (χ0n) is 9.56. The summed E-state index contributed by atoms with van der Waals surface area (Å²) >= 11 is 6.03. The van der Waals surface area contributed by atoms with E-state index in [1.54, 1.807) is 0 Å². The monoisotopic (exact) mass is 225 g/mol. The molecule has 2 rings (SSSR count). The lowest BCUT2D eigenvalue weighted by Crippen LogP contribution is -2.11. The van der Waals surface area contributed by atoms with Crippen molar-refractivity contribution in [3.63, 3.8) is 0 Å². The molecule has 0 spiro atoms. The lowest BCUT2D eigenvalue weighted by Gasteiger charge is -2.10. The summed E-state index contributed by atoms with van der Waals surface area (Å²) in [6, 6.07) is 0.478. The van der Waals surface area contributed by atoms with Gasteiger partial charge in [0, 0.05) is 6.04 Å². The van der Waals surface area contributed by atoms with Gasteiger partial charge in [-0.1, -0.05) is 25.4 Å². The topological polar surface area (TPSA) is 37.8 Å². The van der Waals surface area contributed by atoms with Gasteiger partial charge in [0.2, 0.25) is 0 Å². The van der Waals surface area contributed by atoms with Crippen molar-refractivity contribution in [1.82, 2.24) is 9.97 Å². The Morgan fingerprint density at radius 2 is 1.80 bits per heavy atom. The van der Waals surface area contributed by atoms with E-state index in [-0.39, 0.29) is 0 Å². The highest BCUT2D eigenvalue weighted by Crippen LogP contribution is 2.46. The zero-order chi connectivity index (χ0) is 11.2. The molecular weight excluding hydrogens is 210 g/mol. The maximum Gasteiger partial charge on any atom is 0.171 e. The van der Waals surface area contributed by atoms with Crippen LogP contribution >= 0.6 is 11.6 Å². The van der Waals surface area contributed by atoms with E-state index < -0.39 is 0 Å². The number of rotatable bonds is 2. The first-order valence-corrected chi connectivity index (χ1v) is 5.55. The molecule has 1 aliphatic rings. The van der Waals surface area contributed by atoms with E-state index in [1.165, 1.54) is 0 Å². The molecule has 1 fully saturated rings. The Morgan fingerprint density at radius 3 is 2.33 bits per heavy atom. The molecule has 3 nitrogen and oxygen atoms in total. The lowest BCUT2D eigenvalue weighted by atomic mass is 10.2. The van der Waals surface area contributed by atoms with Crippen molar-refractivity contribution in [1.29, 1.82) is 0 Å². The first kappa shape index (κ1) is 10.7. The Morgan fingerprint density at radius 1 is 1.27 bits per heavy atom. The van der Waals surface area contributed by atoms with Gasteiger partial charge in [0.1, 0.15) is 0 Å². The van der Waals surface area contributed by atoms with E-state index in [1.807, 2.05) is 13.8 Å². The number of hydrogen-bond donors (Lipinski definition) is 1. The highest BCUT2D eigenvalue weighted by atomic mass is 35.5. The minimum atomic E-state index is 0.365. The summed E-state index contributed by atoms with van der Waals surface area (Å²) < 4.78 is 0. The van der Waals surface area contributed by atoms with Crippen molar-refractivity contribution in [2.24, 2.45) is 5.41 Å². The van der Waals surface area contributed by atoms with Crippen LogP contribution in [0.25, 0.3) is 0 Å². The molecule has 0 aliphatic heterocycles. The Hall–Kier alpha value is -0.830. The number of nitrogens with zero attached hydrogens (tertiary/aromatic N) is 2. The van der Waals surface area contributed by atoms with Crippen LogP contribution in [0.15, 0.2) is 0 Å². The third kappa shape index (κ3) is 2.07. The Labute approximate surface area is 95.3 Å². The van der Waals surface area contributed by atoms with Gasteiger partial charge in [0.25, 0.3) is 0 Å². The van der Waals surface area contributed by atoms with Gasteiger partial charge in [-0.25, -0.2) is 9.97 Å². The smallest absolute Gasteiger partial charge is 0.171 e. The molecule has 1 saturated carbocycles. The lowest BCUT2D eigenvalue weighted by molar-refractivity contribution is 0.629. The second kappa shape index (κ2) is 3.34. The van der Waals surface area contributed by atoms with Crippen LogP contribution in [0.4, 0.5) is 5.82 Å². The number of aryl methyl sites for hydroxylation is 2. The molecule has 0 radical (unpaired) electrons. The molecule has 0 saturated heterocycles. The molecule has 0 amide bonds. The Kier molecular flexibility index (Phi) is 2.38. The molecule has 15 heavy (non-hydrogen) atoms. The summed E-state index contributed by atoms with van der Waals surface area (Å²) in [4.78, 5) is 8.65. The van der Waals surface area contributed by atoms with Gasteiger partial charge >= 0.3 is 0 Å². The van der Waals surface area contributed by atoms with Gasteiger partial charge in [-0.15, -0.1) is 0 Å². The first-order chi connectivity index (χ1) is 6.90. The summed E-state index contributed by atoms with van der Waals surface area (Å²) in [7, 11) is 0. The van der Waals surface area contributed by atoms with Gasteiger partial charge in [-0.2, -0.15) is 0 Å². The summed E-state index contributed by atoms with van der Waals surface area (Å²) in [5.74, 6) is 0.718. The average molecular weight is 226 g/mol. The van der Waals surface area contributed by atoms with Crippen LogP contribution in [-0.4, -0.2) is 16.0 Å². The van der Waals surface area contributed by atoms with Crippen molar-refractivity contribution in [3.8, 4) is 0 Å². The molecule has 4 heteroatoms. The fraction of sp³-hybridized carbons (Fsp3) is 0.636. The van der Waals surface area contributed by atoms with E-state index in [9.17, 15) is 0 Å². The van der Waals surface area contributed by atoms with E-state index in [0.717, 1.165) is 23.6 Å². The molecule has 1 unspecified atom stereocenters. The number of anilines is 1. The molecule has 0 bridgehead atoms. The Bertz CT molecular complexity index is 401. The van der Waals surface area contributed by atoms with Crippen LogP contribution in [0.1, 0.15) is 31.7 Å². The van der Waals surface area contributed by atoms with Crippen LogP contribution in [0.2, 0.25) is 5.15 Å². The normalized spacial score (nSPS) is 22.6. The van der Waals surface area contributed by atoms with Gasteiger partial charge in [0.05, 0.1) is 11.4 Å². The zero-order valence-corrected chi connectivity index (χ0v) is 10.3. The Balaban J connectivity index is 2.19. The second-order valence-electron chi connectivity index (χ2n) is 4.92. The molecule has 0 aromatic carbocycles. The first-order valence-electron chi connectivity index (χ1n) is 5.17. The molecule has 1 aromatic rings. The third-order valence-electron chi connectivity index (χ3n) is 3.09. The fourth-order valence-electron chi connectivity index (χ4n) is 1.55. The molecule has 82 valence electrons. The fourth-order valence-corrected chi connectivity index (χ4v) is 1.77. The minimum absolute atomic E-state index is 0.365. The number of hydrogen-bond acceptors (Lipinski definition) is 3. The van der Waals surface area contributed by atoms with Crippen molar-refractivity contribution in [2.75, 3.05) is 5.32 Å². The van der Waals surface area contributed by atoms with Crippen molar-refractivity contribution >= 4 is 17.4 Å². The largest absolute Gasteiger partial charge is 0.364 e. The molecule has 1 aliphatic carbocycles. The summed E-state index contributed by atoms with van der Waals surface area (Å²) in [5.41, 5.74) is 2.19. The highest BCUT2D eigenvalue weighted by Gasteiger charge is 2.46. The average Bonchev–Trinajstić information content (AvgIpc) is 2.70. The molecule has 1 aromatic heterocycles. The van der Waals surface area contributed by atoms with Crippen LogP contribution in [0, 0.1) is 19.3 Å². The van der Waals surface area contributed by atoms with E-state index in [2.05, 4.69) is 29.1 Å². The maximum absolute atomic E-state index is 6.03. The van der Waals surface area contributed by atoms with Gasteiger partial charge < -0.3 is 5.32 Å². The molecule has 1 N–H and O–H groups in total. The standard InChI is InChI=1S/C11H16ClN3/c1-6-7(2)14-10(9(12)13-6)15-8-5-11(8,3)4/h8H,5H2,1-4H3,(H,14,15). The predicted octanol–water partition coefficient (Wildman–Crippen LogP) is 2.96. The van der Waals surface area contributed by atoms with Crippen LogP contribution in [0.5, 0.6) is 0 Å². The third-order valence-corrected chi connectivity index (χ3v) is 3.35. The quantitative estimate of drug-likeness (QED) is 0.841. The van der Waals surface area contributed by atoms with E-state index in [0.29, 0.717) is 16.6 Å². The summed E-state index contributed by atoms with van der Waals surface area (Å²) in [6.45, 7) is 8.32. The molecular formula is C11H16ClN3. The maximum atomic E-state index is 6.03. The molecule has 1 atom stereocenters. The minimum Gasteiger partial charge on any atom is -0.364 e. The van der Waals surface area contributed by atoms with E-state index in [4.69, 9.17) is 11.6 Å². The van der Waals surface area contributed by atoms with Crippen LogP contribution in [0.3, 0.4) is 0 Å². The highest BCUT2D eigenvalue weighted by molar-refractivity contribution is 6.31. The van der Waals surface area contributed by atoms with Crippen molar-refractivity contribution in [2.45, 2.75) is 40.2 Å². The molecule has 1 heterocycles. The number of halogens is 1. The SMILES string of the molecule is Cc1nc(Cl)c(NC2CC2(C)C)nc1C. The summed E-state index contributed by atoms with van der Waals surface area (Å²) in [6.07, 6.45) is 1.16. The van der Waals surface area contributed by atoms with Crippen molar-refractivity contribution in [3.05, 3.63) is 16.5 Å². The number of nitrogens with one attached hydrogen (secondary N) is 1. The van der Waals surface area contributed by atoms with Crippen LogP contribution < -0.4 is 5.32 Å². The van der Waals surface area contributed by atoms with Gasteiger partial charge in [0.15, 0.2) is 11.0 Å². The second-order valence-corrected chi connectivity index (χ2v) is 5.28. The number of aromatic nitrogens is 2. The predicted molar refractivity (Wildman–Crippen MR) is 62.3 cm³/mol. The van der Waals surface area contributed by atoms with Gasteiger partial charge in [-0.3, -0.25) is 0 Å².